The molecule has 3 aromatic rings. The van der Waals surface area contributed by atoms with Crippen LogP contribution in [-0.2, 0) is 11.3 Å². The number of aromatic nitrogens is 2. The van der Waals surface area contributed by atoms with Gasteiger partial charge in [0.25, 0.3) is 11.5 Å². The molecule has 1 aliphatic rings. The monoisotopic (exact) mass is 421 g/mol. The van der Waals surface area contributed by atoms with Gasteiger partial charge in [0.15, 0.2) is 0 Å². The second-order valence-corrected chi connectivity index (χ2v) is 7.16. The molecule has 4 rings (SSSR count). The largest absolute Gasteiger partial charge is 0.354 e. The molecule has 2 amide bonds. The SMILES string of the molecule is O=C1CN(Cc2cccc(NC(=O)c3ccc(=O)n(-c4ccc(F)cc4)n3)c2)CCN1. The van der Waals surface area contributed by atoms with Crippen LogP contribution in [0.15, 0.2) is 65.5 Å². The lowest BCUT2D eigenvalue weighted by Gasteiger charge is -2.26. The first-order chi connectivity index (χ1) is 15.0. The highest BCUT2D eigenvalue weighted by Gasteiger charge is 2.16. The molecular formula is C22H20FN5O3. The van der Waals surface area contributed by atoms with Crippen molar-refractivity contribution in [2.24, 2.45) is 0 Å². The number of hydrogen-bond donors (Lipinski definition) is 2. The average Bonchev–Trinajstić information content (AvgIpc) is 2.75. The van der Waals surface area contributed by atoms with E-state index in [4.69, 9.17) is 0 Å². The minimum Gasteiger partial charge on any atom is -0.354 e. The molecule has 158 valence electrons. The fraction of sp³-hybridized carbons (Fsp3) is 0.182. The van der Waals surface area contributed by atoms with E-state index < -0.39 is 17.3 Å². The highest BCUT2D eigenvalue weighted by molar-refractivity contribution is 6.02. The van der Waals surface area contributed by atoms with Crippen LogP contribution in [0.1, 0.15) is 16.1 Å². The van der Waals surface area contributed by atoms with Crippen molar-refractivity contribution in [2.45, 2.75) is 6.54 Å². The zero-order valence-corrected chi connectivity index (χ0v) is 16.5. The Bertz CT molecular complexity index is 1180. The number of piperazine rings is 1. The van der Waals surface area contributed by atoms with Crippen molar-refractivity contribution in [3.8, 4) is 5.69 Å². The van der Waals surface area contributed by atoms with Crippen LogP contribution in [0.4, 0.5) is 10.1 Å². The first-order valence-corrected chi connectivity index (χ1v) is 9.73. The van der Waals surface area contributed by atoms with Crippen LogP contribution in [0, 0.1) is 5.82 Å². The van der Waals surface area contributed by atoms with Gasteiger partial charge in [-0.25, -0.2) is 4.39 Å². The smallest absolute Gasteiger partial charge is 0.276 e. The summed E-state index contributed by atoms with van der Waals surface area (Å²) in [5.41, 5.74) is 1.49. The number of benzene rings is 2. The molecule has 1 aliphatic heterocycles. The van der Waals surface area contributed by atoms with Crippen LogP contribution in [0.2, 0.25) is 0 Å². The van der Waals surface area contributed by atoms with Crippen LogP contribution in [0.25, 0.3) is 5.69 Å². The number of carbonyl (C=O) groups excluding carboxylic acids is 2. The summed E-state index contributed by atoms with van der Waals surface area (Å²) in [6, 6.07) is 15.2. The Balaban J connectivity index is 1.49. The number of halogens is 1. The Morgan fingerprint density at radius 2 is 1.90 bits per heavy atom. The molecule has 2 aromatic carbocycles. The van der Waals surface area contributed by atoms with Crippen LogP contribution < -0.4 is 16.2 Å². The zero-order valence-electron chi connectivity index (χ0n) is 16.5. The van der Waals surface area contributed by atoms with Gasteiger partial charge in [0.05, 0.1) is 12.2 Å². The number of nitrogens with one attached hydrogen (secondary N) is 2. The van der Waals surface area contributed by atoms with E-state index in [1.165, 1.54) is 36.4 Å². The van der Waals surface area contributed by atoms with E-state index in [9.17, 15) is 18.8 Å². The van der Waals surface area contributed by atoms with Crippen molar-refractivity contribution < 1.29 is 14.0 Å². The van der Waals surface area contributed by atoms with Gasteiger partial charge in [0.1, 0.15) is 11.5 Å². The van der Waals surface area contributed by atoms with Crippen LogP contribution in [-0.4, -0.2) is 46.1 Å². The minimum atomic E-state index is -0.481. The number of hydrogen-bond acceptors (Lipinski definition) is 5. The molecule has 9 heteroatoms. The van der Waals surface area contributed by atoms with Gasteiger partial charge in [-0.1, -0.05) is 12.1 Å². The Morgan fingerprint density at radius 1 is 1.10 bits per heavy atom. The van der Waals surface area contributed by atoms with Gasteiger partial charge in [-0.05, 0) is 48.0 Å². The molecule has 0 unspecified atom stereocenters. The normalized spacial score (nSPS) is 14.2. The van der Waals surface area contributed by atoms with E-state index in [0.717, 1.165) is 16.8 Å². The maximum atomic E-state index is 13.2. The molecule has 1 aromatic heterocycles. The van der Waals surface area contributed by atoms with E-state index >= 15 is 0 Å². The van der Waals surface area contributed by atoms with Crippen molar-refractivity contribution >= 4 is 17.5 Å². The second-order valence-electron chi connectivity index (χ2n) is 7.16. The fourth-order valence-corrected chi connectivity index (χ4v) is 3.33. The summed E-state index contributed by atoms with van der Waals surface area (Å²) >= 11 is 0. The summed E-state index contributed by atoms with van der Waals surface area (Å²) in [4.78, 5) is 38.4. The molecule has 1 saturated heterocycles. The van der Waals surface area contributed by atoms with Gasteiger partial charge >= 0.3 is 0 Å². The zero-order chi connectivity index (χ0) is 21.8. The summed E-state index contributed by atoms with van der Waals surface area (Å²) in [7, 11) is 0. The summed E-state index contributed by atoms with van der Waals surface area (Å²) in [5.74, 6) is -0.917. The minimum absolute atomic E-state index is 0.00180. The van der Waals surface area contributed by atoms with Gasteiger partial charge in [0, 0.05) is 31.4 Å². The lowest BCUT2D eigenvalue weighted by molar-refractivity contribution is -0.124. The third-order valence-electron chi connectivity index (χ3n) is 4.81. The highest BCUT2D eigenvalue weighted by atomic mass is 19.1. The number of nitrogens with zero attached hydrogens (tertiary/aromatic N) is 3. The number of anilines is 1. The molecule has 0 radical (unpaired) electrons. The van der Waals surface area contributed by atoms with Crippen molar-refractivity contribution in [3.05, 3.63) is 88.1 Å². The van der Waals surface area contributed by atoms with Crippen molar-refractivity contribution in [1.82, 2.24) is 20.0 Å². The molecule has 0 aliphatic carbocycles. The molecule has 0 bridgehead atoms. The predicted molar refractivity (Wildman–Crippen MR) is 112 cm³/mol. The fourth-order valence-electron chi connectivity index (χ4n) is 3.33. The second kappa shape index (κ2) is 8.88. The Hall–Kier alpha value is -3.85. The van der Waals surface area contributed by atoms with Gasteiger partial charge in [-0.2, -0.15) is 9.78 Å². The Labute approximate surface area is 177 Å². The van der Waals surface area contributed by atoms with Gasteiger partial charge in [-0.15, -0.1) is 0 Å². The topological polar surface area (TPSA) is 96.3 Å². The number of amides is 2. The molecule has 0 atom stereocenters. The lowest BCUT2D eigenvalue weighted by Crippen LogP contribution is -2.47. The quantitative estimate of drug-likeness (QED) is 0.652. The highest BCUT2D eigenvalue weighted by Crippen LogP contribution is 2.14. The van der Waals surface area contributed by atoms with Crippen LogP contribution >= 0.6 is 0 Å². The van der Waals surface area contributed by atoms with Gasteiger partial charge < -0.3 is 10.6 Å². The molecule has 2 heterocycles. The maximum absolute atomic E-state index is 13.2. The van der Waals surface area contributed by atoms with E-state index in [2.05, 4.69) is 15.7 Å². The standard InChI is InChI=1S/C22H20FN5O3/c23-16-4-6-18(7-5-16)28-21(30)9-8-19(26-28)22(31)25-17-3-1-2-15(12-17)13-27-11-10-24-20(29)14-27/h1-9,12H,10-11,13-14H2,(H,24,29)(H,25,31). The van der Waals surface area contributed by atoms with E-state index in [0.29, 0.717) is 31.0 Å². The van der Waals surface area contributed by atoms with E-state index in [-0.39, 0.29) is 11.6 Å². The molecular weight excluding hydrogens is 401 g/mol. The van der Waals surface area contributed by atoms with Gasteiger partial charge in [-0.3, -0.25) is 19.3 Å². The Kier molecular flexibility index (Phi) is 5.85. The van der Waals surface area contributed by atoms with Crippen molar-refractivity contribution in [2.75, 3.05) is 25.0 Å². The van der Waals surface area contributed by atoms with Crippen LogP contribution in [0.3, 0.4) is 0 Å². The van der Waals surface area contributed by atoms with Crippen molar-refractivity contribution in [1.29, 1.82) is 0 Å². The molecule has 8 nitrogen and oxygen atoms in total. The van der Waals surface area contributed by atoms with Crippen LogP contribution in [0.5, 0.6) is 0 Å². The van der Waals surface area contributed by atoms with E-state index in [1.807, 2.05) is 23.1 Å². The molecule has 1 fully saturated rings. The molecule has 31 heavy (non-hydrogen) atoms. The number of carbonyl (C=O) groups is 2. The van der Waals surface area contributed by atoms with Crippen molar-refractivity contribution in [3.63, 3.8) is 0 Å². The third-order valence-corrected chi connectivity index (χ3v) is 4.81. The maximum Gasteiger partial charge on any atom is 0.276 e. The molecule has 2 N–H and O–H groups in total. The number of rotatable bonds is 5. The third kappa shape index (κ3) is 5.01. The molecule has 0 spiro atoms. The van der Waals surface area contributed by atoms with Gasteiger partial charge in [0.2, 0.25) is 5.91 Å². The Morgan fingerprint density at radius 3 is 2.68 bits per heavy atom. The summed E-state index contributed by atoms with van der Waals surface area (Å²) in [6.07, 6.45) is 0. The first-order valence-electron chi connectivity index (χ1n) is 9.73. The summed E-state index contributed by atoms with van der Waals surface area (Å²) in [5, 5.41) is 9.68. The van der Waals surface area contributed by atoms with E-state index in [1.54, 1.807) is 6.07 Å². The first kappa shape index (κ1) is 20.4. The average molecular weight is 421 g/mol. The predicted octanol–water partition coefficient (Wildman–Crippen LogP) is 1.56. The summed E-state index contributed by atoms with van der Waals surface area (Å²) < 4.78 is 14.2. The lowest BCUT2D eigenvalue weighted by atomic mass is 10.1. The molecule has 0 saturated carbocycles. The summed E-state index contributed by atoms with van der Waals surface area (Å²) in [6.45, 7) is 2.30.